The summed E-state index contributed by atoms with van der Waals surface area (Å²) in [6, 6.07) is 0. The lowest BCUT2D eigenvalue weighted by atomic mass is 10.2. The van der Waals surface area contributed by atoms with E-state index in [2.05, 4.69) is 30.4 Å². The van der Waals surface area contributed by atoms with Gasteiger partial charge in [0.2, 0.25) is 16.2 Å². The van der Waals surface area contributed by atoms with Crippen LogP contribution in [0, 0.1) is 5.92 Å². The number of nitrogens with zero attached hydrogens (tertiary/aromatic N) is 4. The van der Waals surface area contributed by atoms with Gasteiger partial charge in [-0.3, -0.25) is 9.52 Å². The highest BCUT2D eigenvalue weighted by molar-refractivity contribution is 8.01. The Kier molecular flexibility index (Phi) is 5.89. The molecule has 2 aromatic rings. The molecular formula is C10H14N6O3S4. The Balaban J connectivity index is 2.10. The van der Waals surface area contributed by atoms with Crippen LogP contribution in [0.25, 0.3) is 0 Å². The summed E-state index contributed by atoms with van der Waals surface area (Å²) in [4.78, 5) is 11.6. The van der Waals surface area contributed by atoms with Gasteiger partial charge in [-0.05, 0) is 5.75 Å². The third kappa shape index (κ3) is 4.83. The number of aromatic nitrogens is 4. The van der Waals surface area contributed by atoms with Gasteiger partial charge in [0, 0.05) is 5.92 Å². The summed E-state index contributed by atoms with van der Waals surface area (Å²) in [5.41, 5.74) is 0. The van der Waals surface area contributed by atoms with Crippen molar-refractivity contribution in [3.8, 4) is 0 Å². The number of rotatable bonds is 7. The fraction of sp³-hybridized carbons (Fsp3) is 0.500. The highest BCUT2D eigenvalue weighted by Gasteiger charge is 2.23. The molecule has 2 aromatic heterocycles. The van der Waals surface area contributed by atoms with E-state index in [1.807, 2.05) is 6.92 Å². The van der Waals surface area contributed by atoms with E-state index in [-0.39, 0.29) is 26.4 Å². The van der Waals surface area contributed by atoms with Gasteiger partial charge >= 0.3 is 0 Å². The second-order valence-corrected chi connectivity index (χ2v) is 9.75. The molecule has 9 nitrogen and oxygen atoms in total. The maximum atomic E-state index is 12.2. The van der Waals surface area contributed by atoms with Crippen LogP contribution in [-0.2, 0) is 14.8 Å². The van der Waals surface area contributed by atoms with Crippen molar-refractivity contribution in [2.75, 3.05) is 15.8 Å². The van der Waals surface area contributed by atoms with Crippen LogP contribution in [-0.4, -0.2) is 40.5 Å². The summed E-state index contributed by atoms with van der Waals surface area (Å²) >= 11 is 3.37. The largest absolute Gasteiger partial charge is 0.300 e. The molecule has 126 valence electrons. The molecule has 0 aromatic carbocycles. The summed E-state index contributed by atoms with van der Waals surface area (Å²) in [6.07, 6.45) is 0. The van der Waals surface area contributed by atoms with Crippen molar-refractivity contribution in [1.82, 2.24) is 20.4 Å². The van der Waals surface area contributed by atoms with Gasteiger partial charge in [0.15, 0.2) is 4.34 Å². The van der Waals surface area contributed by atoms with Crippen LogP contribution in [0.5, 0.6) is 0 Å². The molecule has 2 rings (SSSR count). The summed E-state index contributed by atoms with van der Waals surface area (Å²) < 4.78 is 27.2. The van der Waals surface area contributed by atoms with E-state index >= 15 is 0 Å². The number of amides is 1. The van der Waals surface area contributed by atoms with Gasteiger partial charge in [-0.15, -0.1) is 20.4 Å². The van der Waals surface area contributed by atoms with E-state index in [1.54, 1.807) is 13.8 Å². The molecule has 13 heteroatoms. The van der Waals surface area contributed by atoms with Crippen LogP contribution in [0.4, 0.5) is 10.3 Å². The van der Waals surface area contributed by atoms with Gasteiger partial charge < -0.3 is 5.32 Å². The minimum atomic E-state index is -3.91. The highest BCUT2D eigenvalue weighted by atomic mass is 32.2. The standard InChI is InChI=1S/C10H14N6O3S4/c1-4-20-9-14-13-8(21-9)16-23(18,19)10-15-12-7(22-10)11-6(17)5(2)3/h5H,4H2,1-3H3,(H,13,16)(H,11,12,17). The summed E-state index contributed by atoms with van der Waals surface area (Å²) in [5, 5.41) is 17.7. The summed E-state index contributed by atoms with van der Waals surface area (Å²) in [5.74, 6) is 0.313. The van der Waals surface area contributed by atoms with Gasteiger partial charge in [-0.1, -0.05) is 55.2 Å². The predicted molar refractivity (Wildman–Crippen MR) is 90.5 cm³/mol. The third-order valence-electron chi connectivity index (χ3n) is 2.29. The van der Waals surface area contributed by atoms with Crippen molar-refractivity contribution in [3.63, 3.8) is 0 Å². The van der Waals surface area contributed by atoms with Gasteiger partial charge in [-0.2, -0.15) is 8.42 Å². The number of anilines is 2. The zero-order valence-corrected chi connectivity index (χ0v) is 15.7. The van der Waals surface area contributed by atoms with Crippen LogP contribution >= 0.6 is 34.4 Å². The maximum absolute atomic E-state index is 12.2. The highest BCUT2D eigenvalue weighted by Crippen LogP contribution is 2.28. The molecule has 0 spiro atoms. The Labute approximate surface area is 145 Å². The molecule has 0 unspecified atom stereocenters. The minimum Gasteiger partial charge on any atom is -0.300 e. The van der Waals surface area contributed by atoms with Crippen LogP contribution in [0.2, 0.25) is 0 Å². The molecular weight excluding hydrogens is 380 g/mol. The van der Waals surface area contributed by atoms with Crippen molar-refractivity contribution in [1.29, 1.82) is 0 Å². The lowest BCUT2D eigenvalue weighted by molar-refractivity contribution is -0.118. The van der Waals surface area contributed by atoms with E-state index < -0.39 is 10.0 Å². The van der Waals surface area contributed by atoms with Crippen molar-refractivity contribution in [2.24, 2.45) is 5.92 Å². The SMILES string of the molecule is CCSc1nnc(NS(=O)(=O)c2nnc(NC(=O)C(C)C)s2)s1. The molecule has 0 atom stereocenters. The monoisotopic (exact) mass is 394 g/mol. The molecule has 0 saturated heterocycles. The number of carbonyl (C=O) groups excluding carboxylic acids is 1. The Morgan fingerprint density at radius 3 is 2.52 bits per heavy atom. The lowest BCUT2D eigenvalue weighted by Crippen LogP contribution is -2.17. The van der Waals surface area contributed by atoms with Crippen LogP contribution in [0.1, 0.15) is 20.8 Å². The Hall–Kier alpha value is -1.31. The van der Waals surface area contributed by atoms with Crippen molar-refractivity contribution in [3.05, 3.63) is 0 Å². The van der Waals surface area contributed by atoms with E-state index in [0.717, 1.165) is 28.4 Å². The average Bonchev–Trinajstić information content (AvgIpc) is 3.09. The first-order valence-electron chi connectivity index (χ1n) is 6.45. The summed E-state index contributed by atoms with van der Waals surface area (Å²) in [6.45, 7) is 5.40. The van der Waals surface area contributed by atoms with E-state index in [1.165, 1.54) is 11.8 Å². The zero-order valence-electron chi connectivity index (χ0n) is 12.4. The fourth-order valence-electron chi connectivity index (χ4n) is 1.21. The smallest absolute Gasteiger partial charge is 0.293 e. The van der Waals surface area contributed by atoms with Gasteiger partial charge in [0.1, 0.15) is 0 Å². The van der Waals surface area contributed by atoms with Crippen molar-refractivity contribution >= 4 is 60.6 Å². The molecule has 1 amide bonds. The normalized spacial score (nSPS) is 11.7. The Morgan fingerprint density at radius 2 is 1.87 bits per heavy atom. The molecule has 0 saturated carbocycles. The van der Waals surface area contributed by atoms with Crippen LogP contribution in [0.15, 0.2) is 8.68 Å². The molecule has 0 aliphatic carbocycles. The Bertz CT molecular complexity index is 784. The van der Waals surface area contributed by atoms with Crippen molar-refractivity contribution in [2.45, 2.75) is 29.5 Å². The predicted octanol–water partition coefficient (Wildman–Crippen LogP) is 1.90. The molecule has 2 N–H and O–H groups in total. The van der Waals surface area contributed by atoms with E-state index in [9.17, 15) is 13.2 Å². The molecule has 0 bridgehead atoms. The molecule has 0 radical (unpaired) electrons. The fourth-order valence-corrected chi connectivity index (χ4v) is 4.99. The number of nitrogens with one attached hydrogen (secondary N) is 2. The quantitative estimate of drug-likeness (QED) is 0.538. The first-order valence-corrected chi connectivity index (χ1v) is 10.6. The van der Waals surface area contributed by atoms with Gasteiger partial charge in [-0.25, -0.2) is 0 Å². The second-order valence-electron chi connectivity index (χ2n) is 4.43. The topological polar surface area (TPSA) is 127 Å². The zero-order chi connectivity index (χ0) is 17.0. The average molecular weight is 395 g/mol. The number of thioether (sulfide) groups is 1. The first kappa shape index (κ1) is 18.0. The van der Waals surface area contributed by atoms with E-state index in [4.69, 9.17) is 0 Å². The first-order chi connectivity index (χ1) is 10.8. The number of sulfonamides is 1. The maximum Gasteiger partial charge on any atom is 0.293 e. The van der Waals surface area contributed by atoms with Crippen LogP contribution in [0.3, 0.4) is 0 Å². The van der Waals surface area contributed by atoms with E-state index in [0.29, 0.717) is 4.34 Å². The van der Waals surface area contributed by atoms with Gasteiger partial charge in [0.05, 0.1) is 0 Å². The molecule has 0 aliphatic heterocycles. The number of hydrogen-bond acceptors (Lipinski definition) is 10. The molecule has 0 fully saturated rings. The minimum absolute atomic E-state index is 0.128. The third-order valence-corrected chi connectivity index (χ3v) is 6.82. The molecule has 0 aliphatic rings. The summed E-state index contributed by atoms with van der Waals surface area (Å²) in [7, 11) is -3.91. The Morgan fingerprint density at radius 1 is 1.17 bits per heavy atom. The lowest BCUT2D eigenvalue weighted by Gasteiger charge is -2.02. The van der Waals surface area contributed by atoms with Crippen molar-refractivity contribution < 1.29 is 13.2 Å². The molecule has 2 heterocycles. The molecule has 23 heavy (non-hydrogen) atoms. The van der Waals surface area contributed by atoms with Crippen LogP contribution < -0.4 is 10.0 Å². The second kappa shape index (κ2) is 7.51. The number of hydrogen-bond donors (Lipinski definition) is 2. The number of carbonyl (C=O) groups is 1. The van der Waals surface area contributed by atoms with Gasteiger partial charge in [0.25, 0.3) is 14.4 Å².